The summed E-state index contributed by atoms with van der Waals surface area (Å²) < 4.78 is 36.1. The third kappa shape index (κ3) is 5.06. The van der Waals surface area contributed by atoms with Crippen LogP contribution < -0.4 is 5.32 Å². The second-order valence-electron chi connectivity index (χ2n) is 6.03. The molecule has 0 atom stereocenters. The molecule has 0 spiro atoms. The van der Waals surface area contributed by atoms with Crippen LogP contribution in [0.1, 0.15) is 41.3 Å². The summed E-state index contributed by atoms with van der Waals surface area (Å²) in [6.45, 7) is 3.95. The summed E-state index contributed by atoms with van der Waals surface area (Å²) >= 11 is 0. The number of hydrogen-bond donors (Lipinski definition) is 1. The highest BCUT2D eigenvalue weighted by Gasteiger charge is 2.38. The zero-order valence-electron chi connectivity index (χ0n) is 13.6. The van der Waals surface area contributed by atoms with Crippen LogP contribution in [0, 0.1) is 0 Å². The highest BCUT2D eigenvalue weighted by atomic mass is 19.4. The van der Waals surface area contributed by atoms with E-state index in [1.807, 2.05) is 23.5 Å². The molecular formula is C17H21F3N2O2. The Morgan fingerprint density at radius 2 is 1.96 bits per heavy atom. The Hall–Kier alpha value is -1.89. The Bertz CT molecular complexity index is 614. The fraction of sp³-hybridized carbons (Fsp3) is 0.529. The van der Waals surface area contributed by atoms with Crippen molar-refractivity contribution in [3.05, 3.63) is 34.9 Å². The van der Waals surface area contributed by atoms with Gasteiger partial charge in [0.05, 0.1) is 0 Å². The van der Waals surface area contributed by atoms with Gasteiger partial charge in [-0.05, 0) is 49.9 Å². The van der Waals surface area contributed by atoms with Gasteiger partial charge >= 0.3 is 12.1 Å². The summed E-state index contributed by atoms with van der Waals surface area (Å²) in [5.74, 6) is -1.85. The van der Waals surface area contributed by atoms with E-state index >= 15 is 0 Å². The first-order chi connectivity index (χ1) is 11.3. The SMILES string of the molecule is CC(=O)c1ccc2c(c1)CN(CCCCNC(=O)C(F)(F)F)CC2. The minimum absolute atomic E-state index is 0.0251. The fourth-order valence-electron chi connectivity index (χ4n) is 2.79. The molecular weight excluding hydrogens is 321 g/mol. The van der Waals surface area contributed by atoms with Gasteiger partial charge in [0.25, 0.3) is 0 Å². The summed E-state index contributed by atoms with van der Waals surface area (Å²) in [5, 5.41) is 1.88. The van der Waals surface area contributed by atoms with Gasteiger partial charge in [0.2, 0.25) is 0 Å². The average Bonchev–Trinajstić information content (AvgIpc) is 2.52. The zero-order chi connectivity index (χ0) is 17.7. The van der Waals surface area contributed by atoms with E-state index < -0.39 is 12.1 Å². The second-order valence-corrected chi connectivity index (χ2v) is 6.03. The number of alkyl halides is 3. The van der Waals surface area contributed by atoms with E-state index in [9.17, 15) is 22.8 Å². The number of nitrogens with zero attached hydrogens (tertiary/aromatic N) is 1. The van der Waals surface area contributed by atoms with Crippen molar-refractivity contribution in [3.8, 4) is 0 Å². The number of rotatable bonds is 6. The van der Waals surface area contributed by atoms with E-state index in [2.05, 4.69) is 4.90 Å². The van der Waals surface area contributed by atoms with Crippen molar-refractivity contribution < 1.29 is 22.8 Å². The smallest absolute Gasteiger partial charge is 0.348 e. The first-order valence-electron chi connectivity index (χ1n) is 7.97. The number of nitrogens with one attached hydrogen (secondary N) is 1. The van der Waals surface area contributed by atoms with Crippen molar-refractivity contribution in [2.45, 2.75) is 38.9 Å². The molecule has 24 heavy (non-hydrogen) atoms. The van der Waals surface area contributed by atoms with Crippen LogP contribution in [0.15, 0.2) is 18.2 Å². The van der Waals surface area contributed by atoms with Gasteiger partial charge in [-0.3, -0.25) is 14.5 Å². The van der Waals surface area contributed by atoms with E-state index in [4.69, 9.17) is 0 Å². The number of halogens is 3. The lowest BCUT2D eigenvalue weighted by Crippen LogP contribution is -2.37. The molecule has 0 saturated carbocycles. The van der Waals surface area contributed by atoms with Gasteiger partial charge in [-0.25, -0.2) is 0 Å². The first-order valence-corrected chi connectivity index (χ1v) is 7.97. The lowest BCUT2D eigenvalue weighted by molar-refractivity contribution is -0.173. The molecule has 1 aliphatic heterocycles. The molecule has 0 fully saturated rings. The van der Waals surface area contributed by atoms with Gasteiger partial charge in [0.15, 0.2) is 5.78 Å². The van der Waals surface area contributed by atoms with Crippen LogP contribution in [-0.2, 0) is 17.8 Å². The number of unbranched alkanes of at least 4 members (excludes halogenated alkanes) is 1. The summed E-state index contributed by atoms with van der Waals surface area (Å²) in [6.07, 6.45) is -2.71. The topological polar surface area (TPSA) is 49.4 Å². The summed E-state index contributed by atoms with van der Waals surface area (Å²) in [4.78, 5) is 24.4. The molecule has 4 nitrogen and oxygen atoms in total. The highest BCUT2D eigenvalue weighted by Crippen LogP contribution is 2.21. The van der Waals surface area contributed by atoms with Crippen molar-refractivity contribution in [2.24, 2.45) is 0 Å². The average molecular weight is 342 g/mol. The van der Waals surface area contributed by atoms with E-state index in [0.717, 1.165) is 31.6 Å². The Balaban J connectivity index is 1.75. The molecule has 1 heterocycles. The van der Waals surface area contributed by atoms with Gasteiger partial charge in [0, 0.05) is 25.2 Å². The van der Waals surface area contributed by atoms with Gasteiger partial charge < -0.3 is 5.32 Å². The molecule has 7 heteroatoms. The molecule has 0 radical (unpaired) electrons. The molecule has 1 amide bonds. The van der Waals surface area contributed by atoms with Crippen molar-refractivity contribution in [1.82, 2.24) is 10.2 Å². The van der Waals surface area contributed by atoms with Crippen LogP contribution in [0.4, 0.5) is 13.2 Å². The lowest BCUT2D eigenvalue weighted by atomic mass is 9.96. The Kier molecular flexibility index (Phi) is 5.99. The van der Waals surface area contributed by atoms with Crippen LogP contribution in [-0.4, -0.2) is 42.4 Å². The molecule has 1 N–H and O–H groups in total. The lowest BCUT2D eigenvalue weighted by Gasteiger charge is -2.29. The Labute approximate surface area is 139 Å². The first kappa shape index (κ1) is 18.4. The number of hydrogen-bond acceptors (Lipinski definition) is 3. The second kappa shape index (κ2) is 7.79. The summed E-state index contributed by atoms with van der Waals surface area (Å²) in [7, 11) is 0. The quantitative estimate of drug-likeness (QED) is 0.639. The Morgan fingerprint density at radius 3 is 2.62 bits per heavy atom. The molecule has 2 rings (SSSR count). The molecule has 1 aromatic rings. The predicted octanol–water partition coefficient (Wildman–Crippen LogP) is 2.71. The number of amides is 1. The number of fused-ring (bicyclic) bond motifs is 1. The molecule has 0 aromatic heterocycles. The maximum atomic E-state index is 12.0. The molecule has 0 bridgehead atoms. The number of benzene rings is 1. The van der Waals surface area contributed by atoms with E-state index in [-0.39, 0.29) is 12.3 Å². The van der Waals surface area contributed by atoms with Crippen LogP contribution in [0.5, 0.6) is 0 Å². The third-order valence-corrected chi connectivity index (χ3v) is 4.15. The molecule has 0 aliphatic carbocycles. The minimum Gasteiger partial charge on any atom is -0.348 e. The molecule has 1 aromatic carbocycles. The van der Waals surface area contributed by atoms with Crippen LogP contribution in [0.3, 0.4) is 0 Å². The van der Waals surface area contributed by atoms with E-state index in [1.54, 1.807) is 0 Å². The molecule has 132 valence electrons. The van der Waals surface area contributed by atoms with Crippen molar-refractivity contribution >= 4 is 11.7 Å². The van der Waals surface area contributed by atoms with E-state index in [0.29, 0.717) is 18.4 Å². The van der Waals surface area contributed by atoms with Crippen molar-refractivity contribution in [1.29, 1.82) is 0 Å². The predicted molar refractivity (Wildman–Crippen MR) is 83.7 cm³/mol. The van der Waals surface area contributed by atoms with E-state index in [1.165, 1.54) is 12.5 Å². The summed E-state index contributed by atoms with van der Waals surface area (Å²) in [5.41, 5.74) is 3.08. The van der Waals surface area contributed by atoms with Crippen LogP contribution in [0.25, 0.3) is 0 Å². The van der Waals surface area contributed by atoms with Crippen LogP contribution >= 0.6 is 0 Å². The maximum Gasteiger partial charge on any atom is 0.471 e. The van der Waals surface area contributed by atoms with Crippen molar-refractivity contribution in [3.63, 3.8) is 0 Å². The zero-order valence-corrected chi connectivity index (χ0v) is 13.6. The van der Waals surface area contributed by atoms with Gasteiger partial charge in [0.1, 0.15) is 0 Å². The molecule has 1 aliphatic rings. The highest BCUT2D eigenvalue weighted by molar-refractivity contribution is 5.94. The standard InChI is InChI=1S/C17H21F3N2O2/c1-12(23)14-5-4-13-6-9-22(11-15(13)10-14)8-3-2-7-21-16(24)17(18,19)20/h4-5,10H,2-3,6-9,11H2,1H3,(H,21,24). The normalized spacial score (nSPS) is 15.0. The largest absolute Gasteiger partial charge is 0.471 e. The maximum absolute atomic E-state index is 12.0. The molecule has 0 saturated heterocycles. The van der Waals surface area contributed by atoms with Crippen LogP contribution in [0.2, 0.25) is 0 Å². The number of ketones is 1. The van der Waals surface area contributed by atoms with Crippen molar-refractivity contribution in [2.75, 3.05) is 19.6 Å². The van der Waals surface area contributed by atoms with Gasteiger partial charge in [-0.15, -0.1) is 0 Å². The fourth-order valence-corrected chi connectivity index (χ4v) is 2.79. The molecule has 0 unspecified atom stereocenters. The third-order valence-electron chi connectivity index (χ3n) is 4.15. The number of carbonyl (C=O) groups excluding carboxylic acids is 2. The van der Waals surface area contributed by atoms with Gasteiger partial charge in [-0.1, -0.05) is 12.1 Å². The number of carbonyl (C=O) groups is 2. The monoisotopic (exact) mass is 342 g/mol. The Morgan fingerprint density at radius 1 is 1.21 bits per heavy atom. The number of Topliss-reactive ketones (excluding diaryl/α,β-unsaturated/α-hetero) is 1. The minimum atomic E-state index is -4.81. The van der Waals surface area contributed by atoms with Gasteiger partial charge in [-0.2, -0.15) is 13.2 Å². The summed E-state index contributed by atoms with van der Waals surface area (Å²) in [6, 6.07) is 5.77.